The SMILES string of the molecule is O=C(O)/C=C/C(=O)O.[PbH2]. The Kier molecular flexibility index (Phi) is 7.27. The van der Waals surface area contributed by atoms with Crippen LogP contribution in [0, 0.1) is 0 Å². The van der Waals surface area contributed by atoms with Crippen LogP contribution < -0.4 is 0 Å². The number of carbonyl (C=O) groups is 2. The first-order valence-corrected chi connectivity index (χ1v) is 1.77. The summed E-state index contributed by atoms with van der Waals surface area (Å²) in [5.41, 5.74) is 0. The topological polar surface area (TPSA) is 74.6 Å². The molecule has 0 fully saturated rings. The third-order valence-electron chi connectivity index (χ3n) is 0.368. The molecule has 0 spiro atoms. The third kappa shape index (κ3) is 11.3. The van der Waals surface area contributed by atoms with E-state index in [-0.39, 0.29) is 27.3 Å². The van der Waals surface area contributed by atoms with Gasteiger partial charge in [-0.1, -0.05) is 0 Å². The fourth-order valence-corrected chi connectivity index (χ4v) is 0.143. The fraction of sp³-hybridized carbons (Fsp3) is 0. The summed E-state index contributed by atoms with van der Waals surface area (Å²) in [7, 11) is 0. The number of carboxylic acid groups (broad SMARTS) is 2. The van der Waals surface area contributed by atoms with E-state index in [2.05, 4.69) is 0 Å². The second kappa shape index (κ2) is 5.73. The standard InChI is InChI=1S/C4H4O4.Pb.2H/c5-3(6)1-2-4(7)8;;;/h1-2H,(H,5,6)(H,7,8);;;/b2-1+;;;. The number of aliphatic carboxylic acids is 2. The van der Waals surface area contributed by atoms with Crippen LogP contribution in [-0.2, 0) is 9.59 Å². The first kappa shape index (κ1) is 11.4. The van der Waals surface area contributed by atoms with E-state index in [4.69, 9.17) is 10.2 Å². The summed E-state index contributed by atoms with van der Waals surface area (Å²) in [6.07, 6.45) is 1.12. The van der Waals surface area contributed by atoms with Crippen LogP contribution in [0.15, 0.2) is 12.2 Å². The molecule has 0 aliphatic heterocycles. The van der Waals surface area contributed by atoms with Gasteiger partial charge in [-0.15, -0.1) is 0 Å². The molecule has 0 aromatic rings. The molecule has 0 aliphatic rings. The Bertz CT molecular complexity index is 124. The Morgan fingerprint density at radius 1 is 1.00 bits per heavy atom. The van der Waals surface area contributed by atoms with Gasteiger partial charge in [0, 0.05) is 12.2 Å². The van der Waals surface area contributed by atoms with Gasteiger partial charge in [-0.25, -0.2) is 9.59 Å². The quantitative estimate of drug-likeness (QED) is 0.494. The molecule has 0 aromatic heterocycles. The van der Waals surface area contributed by atoms with E-state index in [1.807, 2.05) is 0 Å². The van der Waals surface area contributed by atoms with Crippen molar-refractivity contribution in [1.82, 2.24) is 0 Å². The third-order valence-corrected chi connectivity index (χ3v) is 0.368. The normalized spacial score (nSPS) is 8.44. The van der Waals surface area contributed by atoms with E-state index in [1.165, 1.54) is 0 Å². The van der Waals surface area contributed by atoms with Gasteiger partial charge < -0.3 is 10.2 Å². The van der Waals surface area contributed by atoms with Gasteiger partial charge in [0.1, 0.15) is 0 Å². The van der Waals surface area contributed by atoms with Gasteiger partial charge in [0.15, 0.2) is 0 Å². The molecule has 2 radical (unpaired) electrons. The first-order valence-electron chi connectivity index (χ1n) is 1.77. The van der Waals surface area contributed by atoms with Gasteiger partial charge in [-0.2, -0.15) is 0 Å². The predicted octanol–water partition coefficient (Wildman–Crippen LogP) is -1.20. The molecular weight excluding hydrogens is 319 g/mol. The number of hydrogen-bond acceptors (Lipinski definition) is 2. The van der Waals surface area contributed by atoms with Gasteiger partial charge in [0.25, 0.3) is 0 Å². The fourth-order valence-electron chi connectivity index (χ4n) is 0.143. The molecule has 0 heterocycles. The summed E-state index contributed by atoms with van der Waals surface area (Å²) in [4.78, 5) is 19.1. The molecule has 0 rings (SSSR count). The van der Waals surface area contributed by atoms with Crippen molar-refractivity contribution in [1.29, 1.82) is 0 Å². The van der Waals surface area contributed by atoms with Gasteiger partial charge in [0.05, 0.1) is 0 Å². The van der Waals surface area contributed by atoms with Crippen LogP contribution in [0.4, 0.5) is 0 Å². The molecule has 9 heavy (non-hydrogen) atoms. The zero-order valence-electron chi connectivity index (χ0n) is 4.57. The molecule has 0 atom stereocenters. The molecule has 0 unspecified atom stereocenters. The van der Waals surface area contributed by atoms with Crippen molar-refractivity contribution in [3.63, 3.8) is 0 Å². The van der Waals surface area contributed by atoms with Crippen LogP contribution in [0.25, 0.3) is 0 Å². The van der Waals surface area contributed by atoms with E-state index in [1.54, 1.807) is 0 Å². The van der Waals surface area contributed by atoms with Crippen LogP contribution in [0.2, 0.25) is 0 Å². The minimum atomic E-state index is -1.26. The van der Waals surface area contributed by atoms with Gasteiger partial charge in [0.2, 0.25) is 0 Å². The van der Waals surface area contributed by atoms with Crippen LogP contribution >= 0.6 is 0 Å². The molecular formula is C4H6O4Pb. The summed E-state index contributed by atoms with van der Waals surface area (Å²) in [6.45, 7) is 0. The van der Waals surface area contributed by atoms with Crippen LogP contribution in [0.3, 0.4) is 0 Å². The summed E-state index contributed by atoms with van der Waals surface area (Å²) < 4.78 is 0. The van der Waals surface area contributed by atoms with Crippen molar-refractivity contribution in [3.05, 3.63) is 12.2 Å². The van der Waals surface area contributed by atoms with E-state index < -0.39 is 11.9 Å². The van der Waals surface area contributed by atoms with Gasteiger partial charge in [-0.3, -0.25) is 0 Å². The maximum atomic E-state index is 9.55. The number of carboxylic acids is 2. The Hall–Kier alpha value is -0.398. The second-order valence-electron chi connectivity index (χ2n) is 1.01. The number of hydrogen-bond donors (Lipinski definition) is 2. The van der Waals surface area contributed by atoms with Crippen molar-refractivity contribution in [2.24, 2.45) is 0 Å². The Morgan fingerprint density at radius 3 is 1.33 bits per heavy atom. The van der Waals surface area contributed by atoms with Crippen LogP contribution in [0.5, 0.6) is 0 Å². The number of rotatable bonds is 2. The monoisotopic (exact) mass is 326 g/mol. The average Bonchev–Trinajstić information content (AvgIpc) is 1.61. The second-order valence-corrected chi connectivity index (χ2v) is 1.01. The summed E-state index contributed by atoms with van der Waals surface area (Å²) in [6, 6.07) is 0. The van der Waals surface area contributed by atoms with Crippen molar-refractivity contribution >= 4 is 39.2 Å². The molecule has 50 valence electrons. The molecule has 0 saturated carbocycles. The first-order chi connectivity index (χ1) is 3.63. The summed E-state index contributed by atoms with van der Waals surface area (Å²) in [5, 5.41) is 15.6. The van der Waals surface area contributed by atoms with Gasteiger partial charge in [-0.05, 0) is 0 Å². The van der Waals surface area contributed by atoms with Crippen molar-refractivity contribution < 1.29 is 19.8 Å². The summed E-state index contributed by atoms with van der Waals surface area (Å²) in [5.74, 6) is -2.51. The molecule has 0 bridgehead atoms. The van der Waals surface area contributed by atoms with E-state index in [0.717, 1.165) is 0 Å². The molecule has 2 N–H and O–H groups in total. The minimum absolute atomic E-state index is 0. The van der Waals surface area contributed by atoms with Gasteiger partial charge >= 0.3 is 39.2 Å². The Morgan fingerprint density at radius 2 is 1.22 bits per heavy atom. The summed E-state index contributed by atoms with van der Waals surface area (Å²) >= 11 is 0. The molecule has 0 aliphatic carbocycles. The zero-order chi connectivity index (χ0) is 6.57. The van der Waals surface area contributed by atoms with E-state index in [0.29, 0.717) is 12.2 Å². The molecule has 5 heteroatoms. The maximum absolute atomic E-state index is 9.55. The zero-order valence-corrected chi connectivity index (χ0v) is 10.1. The average molecular weight is 325 g/mol. The van der Waals surface area contributed by atoms with Crippen LogP contribution in [-0.4, -0.2) is 49.5 Å². The Balaban J connectivity index is 0. The molecule has 0 amide bonds. The molecule has 4 nitrogen and oxygen atoms in total. The van der Waals surface area contributed by atoms with Crippen LogP contribution in [0.1, 0.15) is 0 Å². The molecule has 0 aromatic carbocycles. The van der Waals surface area contributed by atoms with E-state index in [9.17, 15) is 9.59 Å². The predicted molar refractivity (Wildman–Crippen MR) is 33.0 cm³/mol. The Labute approximate surface area is 71.3 Å². The van der Waals surface area contributed by atoms with Crippen molar-refractivity contribution in [3.8, 4) is 0 Å². The van der Waals surface area contributed by atoms with E-state index >= 15 is 0 Å². The van der Waals surface area contributed by atoms with Crippen molar-refractivity contribution in [2.75, 3.05) is 0 Å². The molecule has 0 saturated heterocycles. The van der Waals surface area contributed by atoms with Crippen molar-refractivity contribution in [2.45, 2.75) is 0 Å².